The topological polar surface area (TPSA) is 88.2 Å². The van der Waals surface area contributed by atoms with Gasteiger partial charge in [-0.1, -0.05) is 31.9 Å². The van der Waals surface area contributed by atoms with Gasteiger partial charge >= 0.3 is 0 Å². The number of Topliss-reactive ketones (excluding diaryl/α,β-unsaturated/α-hetero) is 1. The van der Waals surface area contributed by atoms with Crippen LogP contribution < -0.4 is 5.32 Å². The Hall–Kier alpha value is -2.29. The smallest absolute Gasteiger partial charge is 0.251 e. The molecular weight excluding hydrogens is 470 g/mol. The molecule has 1 aliphatic carbocycles. The summed E-state index contributed by atoms with van der Waals surface area (Å²) >= 11 is 0. The van der Waals surface area contributed by atoms with Crippen LogP contribution in [0.25, 0.3) is 0 Å². The van der Waals surface area contributed by atoms with Crippen LogP contribution in [0.3, 0.4) is 0 Å². The molecule has 37 heavy (non-hydrogen) atoms. The lowest BCUT2D eigenvalue weighted by Gasteiger charge is -2.32. The molecule has 1 saturated carbocycles. The van der Waals surface area contributed by atoms with E-state index in [0.29, 0.717) is 18.0 Å². The van der Waals surface area contributed by atoms with Crippen molar-refractivity contribution in [3.8, 4) is 0 Å². The monoisotopic (exact) mass is 511 g/mol. The summed E-state index contributed by atoms with van der Waals surface area (Å²) in [4.78, 5) is 43.9. The Morgan fingerprint density at radius 3 is 2.46 bits per heavy atom. The Bertz CT molecular complexity index is 968. The van der Waals surface area contributed by atoms with Gasteiger partial charge in [0.1, 0.15) is 30.9 Å². The van der Waals surface area contributed by atoms with E-state index >= 15 is 0 Å². The molecule has 2 amide bonds. The van der Waals surface area contributed by atoms with Crippen molar-refractivity contribution in [2.24, 2.45) is 5.92 Å². The van der Waals surface area contributed by atoms with Crippen LogP contribution in [0.1, 0.15) is 73.7 Å². The normalized spacial score (nSPS) is 28.0. The van der Waals surface area contributed by atoms with Gasteiger partial charge in [0, 0.05) is 12.7 Å². The Balaban J connectivity index is 1.27. The third kappa shape index (κ3) is 5.47. The van der Waals surface area contributed by atoms with Crippen molar-refractivity contribution >= 4 is 17.6 Å². The van der Waals surface area contributed by atoms with Crippen LogP contribution >= 0.6 is 0 Å². The Morgan fingerprint density at radius 1 is 1.11 bits per heavy atom. The third-order valence-electron chi connectivity index (χ3n) is 8.92. The van der Waals surface area contributed by atoms with Gasteiger partial charge in [0.25, 0.3) is 5.91 Å². The maximum Gasteiger partial charge on any atom is 0.251 e. The number of carbonyl (C=O) groups excluding carboxylic acids is 3. The second-order valence-electron chi connectivity index (χ2n) is 11.2. The summed E-state index contributed by atoms with van der Waals surface area (Å²) < 4.78 is 11.2. The summed E-state index contributed by atoms with van der Waals surface area (Å²) in [6.45, 7) is 5.95. The fraction of sp³-hybridized carbons (Fsp3) is 0.690. The van der Waals surface area contributed by atoms with Crippen molar-refractivity contribution in [1.29, 1.82) is 0 Å². The molecule has 4 aliphatic rings. The fourth-order valence-electron chi connectivity index (χ4n) is 6.83. The minimum atomic E-state index is -0.651. The molecule has 1 aromatic carbocycles. The van der Waals surface area contributed by atoms with E-state index < -0.39 is 18.2 Å². The summed E-state index contributed by atoms with van der Waals surface area (Å²) in [5, 5.41) is 3.07. The van der Waals surface area contributed by atoms with E-state index in [2.05, 4.69) is 29.3 Å². The number of nitrogens with one attached hydrogen (secondary N) is 1. The average Bonchev–Trinajstić information content (AvgIpc) is 3.67. The second-order valence-corrected chi connectivity index (χ2v) is 11.2. The first-order chi connectivity index (χ1) is 18.0. The van der Waals surface area contributed by atoms with E-state index in [4.69, 9.17) is 9.47 Å². The lowest BCUT2D eigenvalue weighted by atomic mass is 9.89. The summed E-state index contributed by atoms with van der Waals surface area (Å²) in [6.07, 6.45) is 6.60. The number of ketones is 1. The molecule has 4 fully saturated rings. The lowest BCUT2D eigenvalue weighted by Crippen LogP contribution is -2.54. The predicted molar refractivity (Wildman–Crippen MR) is 139 cm³/mol. The molecule has 5 rings (SSSR count). The van der Waals surface area contributed by atoms with Gasteiger partial charge in [-0.15, -0.1) is 0 Å². The van der Waals surface area contributed by atoms with E-state index in [0.717, 1.165) is 51.6 Å². The van der Waals surface area contributed by atoms with Gasteiger partial charge in [0.15, 0.2) is 5.78 Å². The number of rotatable bonds is 8. The number of piperidine rings is 1. The number of nitrogens with zero attached hydrogens (tertiary/aromatic N) is 2. The zero-order valence-corrected chi connectivity index (χ0v) is 22.2. The lowest BCUT2D eigenvalue weighted by molar-refractivity contribution is -0.139. The molecule has 4 atom stereocenters. The minimum Gasteiger partial charge on any atom is -0.377 e. The molecule has 0 bridgehead atoms. The fourth-order valence-corrected chi connectivity index (χ4v) is 6.83. The molecule has 8 nitrogen and oxygen atoms in total. The molecule has 1 aromatic rings. The predicted octanol–water partition coefficient (Wildman–Crippen LogP) is 2.76. The van der Waals surface area contributed by atoms with Crippen molar-refractivity contribution in [2.45, 2.75) is 82.1 Å². The molecule has 1 N–H and O–H groups in total. The number of methoxy groups -OCH3 is 1. The molecule has 0 spiro atoms. The number of hydrogen-bond donors (Lipinski definition) is 1. The number of carbonyl (C=O) groups is 3. The largest absolute Gasteiger partial charge is 0.377 e. The molecule has 3 aliphatic heterocycles. The molecule has 0 unspecified atom stereocenters. The number of amides is 2. The number of likely N-dealkylation sites (tertiary alicyclic amines) is 2. The first-order valence-electron chi connectivity index (χ1n) is 14.1. The van der Waals surface area contributed by atoms with Crippen LogP contribution in [0.2, 0.25) is 0 Å². The Kier molecular flexibility index (Phi) is 8.27. The molecular formula is C29H41N3O5. The van der Waals surface area contributed by atoms with Crippen LogP contribution in [-0.2, 0) is 19.1 Å². The molecule has 0 aromatic heterocycles. The molecule has 202 valence electrons. The highest BCUT2D eigenvalue weighted by atomic mass is 16.5. The van der Waals surface area contributed by atoms with Gasteiger partial charge < -0.3 is 24.6 Å². The van der Waals surface area contributed by atoms with Gasteiger partial charge in [0.2, 0.25) is 5.91 Å². The molecule has 0 radical (unpaired) electrons. The van der Waals surface area contributed by atoms with Gasteiger partial charge in [0.05, 0.1) is 6.54 Å². The highest BCUT2D eigenvalue weighted by Gasteiger charge is 2.54. The minimum absolute atomic E-state index is 0.00338. The Labute approximate surface area is 220 Å². The Morgan fingerprint density at radius 2 is 1.81 bits per heavy atom. The van der Waals surface area contributed by atoms with Crippen molar-refractivity contribution in [3.05, 3.63) is 35.4 Å². The van der Waals surface area contributed by atoms with Crippen LogP contribution in [0.15, 0.2) is 24.3 Å². The maximum atomic E-state index is 13.8. The van der Waals surface area contributed by atoms with Crippen molar-refractivity contribution in [1.82, 2.24) is 15.1 Å². The second kappa shape index (κ2) is 11.6. The highest BCUT2D eigenvalue weighted by molar-refractivity contribution is 5.99. The van der Waals surface area contributed by atoms with Crippen LogP contribution in [0, 0.1) is 5.92 Å². The van der Waals surface area contributed by atoms with E-state index in [-0.39, 0.29) is 36.2 Å². The first kappa shape index (κ1) is 26.3. The molecule has 8 heteroatoms. The highest BCUT2D eigenvalue weighted by Crippen LogP contribution is 2.34. The third-order valence-corrected chi connectivity index (χ3v) is 8.92. The summed E-state index contributed by atoms with van der Waals surface area (Å²) in [5.41, 5.74) is 1.85. The average molecular weight is 512 g/mol. The first-order valence-corrected chi connectivity index (χ1v) is 14.1. The molecule has 3 heterocycles. The van der Waals surface area contributed by atoms with E-state index in [1.165, 1.54) is 18.5 Å². The van der Waals surface area contributed by atoms with Crippen molar-refractivity contribution in [2.75, 3.05) is 39.9 Å². The maximum absolute atomic E-state index is 13.8. The van der Waals surface area contributed by atoms with Crippen molar-refractivity contribution in [3.63, 3.8) is 0 Å². The van der Waals surface area contributed by atoms with Crippen LogP contribution in [-0.4, -0.2) is 91.6 Å². The van der Waals surface area contributed by atoms with Gasteiger partial charge in [-0.05, 0) is 81.3 Å². The van der Waals surface area contributed by atoms with E-state index in [1.54, 1.807) is 12.0 Å². The van der Waals surface area contributed by atoms with Gasteiger partial charge in [-0.2, -0.15) is 0 Å². The van der Waals surface area contributed by atoms with Crippen LogP contribution in [0.4, 0.5) is 0 Å². The zero-order chi connectivity index (χ0) is 25.9. The van der Waals surface area contributed by atoms with Gasteiger partial charge in [-0.3, -0.25) is 14.4 Å². The summed E-state index contributed by atoms with van der Waals surface area (Å²) in [6, 6.07) is 6.65. The number of fused-ring (bicyclic) bond motifs is 1. The summed E-state index contributed by atoms with van der Waals surface area (Å²) in [7, 11) is 1.58. The molecule has 3 saturated heterocycles. The number of benzene rings is 1. The van der Waals surface area contributed by atoms with E-state index in [9.17, 15) is 14.4 Å². The van der Waals surface area contributed by atoms with Crippen molar-refractivity contribution < 1.29 is 23.9 Å². The van der Waals surface area contributed by atoms with Gasteiger partial charge in [-0.25, -0.2) is 0 Å². The number of ether oxygens (including phenoxy) is 2. The quantitative estimate of drug-likeness (QED) is 0.578. The zero-order valence-electron chi connectivity index (χ0n) is 22.2. The van der Waals surface area contributed by atoms with Crippen LogP contribution in [0.5, 0.6) is 0 Å². The SMILES string of the molecule is CCCN1CCC(c2ccc(C(=O)N[C@H](C(=O)N3C[C@H](OC)[C@H]4OCC(=O)[C@H]43)C3CCCC3)cc2)CC1. The van der Waals surface area contributed by atoms with E-state index in [1.807, 2.05) is 12.1 Å². The standard InChI is InChI=1S/C29H41N3O5/c1-3-14-31-15-12-20(13-16-31)19-8-10-22(11-9-19)28(34)30-25(21-6-4-5-7-21)29(35)32-17-24(36-2)27-26(32)23(33)18-37-27/h8-11,20-21,24-27H,3-7,12-18H2,1-2H3,(H,30,34)/t24-,25-,26+,27+/m0/s1. The summed E-state index contributed by atoms with van der Waals surface area (Å²) in [5.74, 6) is 0.0831. The number of hydrogen-bond acceptors (Lipinski definition) is 6.